The Labute approximate surface area is 144 Å². The van der Waals surface area contributed by atoms with Crippen LogP contribution in [0.3, 0.4) is 0 Å². The van der Waals surface area contributed by atoms with Crippen LogP contribution in [0.2, 0.25) is 5.02 Å². The van der Waals surface area contributed by atoms with Gasteiger partial charge in [-0.15, -0.1) is 0 Å². The highest BCUT2D eigenvalue weighted by atomic mass is 35.5. The number of benzene rings is 3. The highest BCUT2D eigenvalue weighted by Crippen LogP contribution is 2.41. The summed E-state index contributed by atoms with van der Waals surface area (Å²) >= 11 is 6.53. The molecule has 24 heavy (non-hydrogen) atoms. The number of halogens is 1. The molecule has 0 saturated carbocycles. The number of nitrogens with zero attached hydrogens (tertiary/aromatic N) is 1. The molecule has 1 aliphatic rings. The van der Waals surface area contributed by atoms with Crippen molar-refractivity contribution in [1.82, 2.24) is 0 Å². The fraction of sp³-hybridized carbons (Fsp3) is 0.105. The molecule has 0 saturated heterocycles. The maximum atomic E-state index is 6.53. The number of hydrogen-bond donors (Lipinski definition) is 1. The molecule has 5 heteroatoms. The molecular formula is C19H15ClN2O2. The molecule has 0 spiro atoms. The van der Waals surface area contributed by atoms with Crippen molar-refractivity contribution in [2.45, 2.75) is 0 Å². The Kier molecular flexibility index (Phi) is 3.54. The van der Waals surface area contributed by atoms with Crippen molar-refractivity contribution >= 4 is 39.6 Å². The number of rotatable bonds is 3. The van der Waals surface area contributed by atoms with E-state index in [0.717, 1.165) is 27.7 Å². The summed E-state index contributed by atoms with van der Waals surface area (Å²) in [5, 5.41) is 6.11. The van der Waals surface area contributed by atoms with Crippen LogP contribution in [-0.2, 0) is 0 Å². The molecule has 0 amide bonds. The summed E-state index contributed by atoms with van der Waals surface area (Å²) in [6.07, 6.45) is 0. The standard InChI is InChI=1S/C19H15ClN2O2/c1-23-15-10-9-12(17(20)18(15)24-2)19-21-13-7-3-5-11-6-4-8-14(22-19)16(11)13/h3-10H,1-2H3,(H,21,22). The Hall–Kier alpha value is -2.72. The second-order valence-electron chi connectivity index (χ2n) is 5.43. The van der Waals surface area contributed by atoms with E-state index >= 15 is 0 Å². The van der Waals surface area contributed by atoms with Gasteiger partial charge in [-0.1, -0.05) is 35.9 Å². The highest BCUT2D eigenvalue weighted by Gasteiger charge is 2.21. The lowest BCUT2D eigenvalue weighted by Crippen LogP contribution is -2.17. The third-order valence-corrected chi connectivity index (χ3v) is 4.48. The summed E-state index contributed by atoms with van der Waals surface area (Å²) in [6, 6.07) is 15.9. The Morgan fingerprint density at radius 2 is 1.75 bits per heavy atom. The molecule has 0 aromatic heterocycles. The van der Waals surface area contributed by atoms with E-state index in [1.807, 2.05) is 36.4 Å². The number of hydrogen-bond acceptors (Lipinski definition) is 4. The number of methoxy groups -OCH3 is 2. The van der Waals surface area contributed by atoms with Gasteiger partial charge in [0.1, 0.15) is 5.84 Å². The molecule has 0 fully saturated rings. The largest absolute Gasteiger partial charge is 0.493 e. The lowest BCUT2D eigenvalue weighted by atomic mass is 10.0. The second-order valence-corrected chi connectivity index (χ2v) is 5.81. The van der Waals surface area contributed by atoms with Crippen LogP contribution in [0.4, 0.5) is 11.4 Å². The quantitative estimate of drug-likeness (QED) is 0.729. The van der Waals surface area contributed by atoms with Crippen LogP contribution >= 0.6 is 11.6 Å². The van der Waals surface area contributed by atoms with Crippen LogP contribution < -0.4 is 14.8 Å². The van der Waals surface area contributed by atoms with E-state index in [1.165, 1.54) is 0 Å². The maximum absolute atomic E-state index is 6.53. The van der Waals surface area contributed by atoms with Crippen molar-refractivity contribution < 1.29 is 9.47 Å². The van der Waals surface area contributed by atoms with E-state index < -0.39 is 0 Å². The van der Waals surface area contributed by atoms with Gasteiger partial charge in [-0.05, 0) is 29.7 Å². The van der Waals surface area contributed by atoms with E-state index in [-0.39, 0.29) is 0 Å². The number of aliphatic imine (C=N–C) groups is 1. The Morgan fingerprint density at radius 3 is 2.50 bits per heavy atom. The van der Waals surface area contributed by atoms with Crippen molar-refractivity contribution in [3.05, 3.63) is 59.1 Å². The molecule has 0 radical (unpaired) electrons. The van der Waals surface area contributed by atoms with Gasteiger partial charge in [0.05, 0.1) is 24.9 Å². The molecular weight excluding hydrogens is 324 g/mol. The number of anilines is 1. The number of ether oxygens (including phenoxy) is 2. The topological polar surface area (TPSA) is 42.8 Å². The third-order valence-electron chi connectivity index (χ3n) is 4.11. The van der Waals surface area contributed by atoms with Crippen molar-refractivity contribution in [3.63, 3.8) is 0 Å². The van der Waals surface area contributed by atoms with E-state index in [4.69, 9.17) is 26.1 Å². The predicted molar refractivity (Wildman–Crippen MR) is 98.3 cm³/mol. The number of nitrogens with one attached hydrogen (secondary N) is 1. The molecule has 1 N–H and O–H groups in total. The van der Waals surface area contributed by atoms with Gasteiger partial charge in [0.2, 0.25) is 0 Å². The highest BCUT2D eigenvalue weighted by molar-refractivity contribution is 6.37. The summed E-state index contributed by atoms with van der Waals surface area (Å²) in [7, 11) is 3.15. The minimum Gasteiger partial charge on any atom is -0.493 e. The third kappa shape index (κ3) is 2.19. The zero-order chi connectivity index (χ0) is 16.7. The van der Waals surface area contributed by atoms with Crippen LogP contribution in [0.15, 0.2) is 53.5 Å². The lowest BCUT2D eigenvalue weighted by Gasteiger charge is -2.20. The first-order valence-electron chi connectivity index (χ1n) is 7.51. The first-order valence-corrected chi connectivity index (χ1v) is 7.89. The van der Waals surface area contributed by atoms with Crippen LogP contribution in [-0.4, -0.2) is 20.1 Å². The summed E-state index contributed by atoms with van der Waals surface area (Å²) in [5.41, 5.74) is 2.70. The average Bonchev–Trinajstić information content (AvgIpc) is 2.61. The van der Waals surface area contributed by atoms with Crippen LogP contribution in [0.25, 0.3) is 10.8 Å². The van der Waals surface area contributed by atoms with E-state index in [2.05, 4.69) is 17.4 Å². The molecule has 3 aromatic rings. The summed E-state index contributed by atoms with van der Waals surface area (Å²) < 4.78 is 10.7. The molecule has 1 aliphatic heterocycles. The Bertz CT molecular complexity index is 977. The average molecular weight is 339 g/mol. The Balaban J connectivity index is 1.90. The predicted octanol–water partition coefficient (Wildman–Crippen LogP) is 5.01. The monoisotopic (exact) mass is 338 g/mol. The lowest BCUT2D eigenvalue weighted by molar-refractivity contribution is 0.355. The minimum absolute atomic E-state index is 0.467. The van der Waals surface area contributed by atoms with Gasteiger partial charge >= 0.3 is 0 Å². The first kappa shape index (κ1) is 14.8. The number of amidine groups is 1. The van der Waals surface area contributed by atoms with Crippen LogP contribution in [0, 0.1) is 0 Å². The fourth-order valence-corrected chi connectivity index (χ4v) is 3.32. The summed E-state index contributed by atoms with van der Waals surface area (Å²) in [6.45, 7) is 0. The van der Waals surface area contributed by atoms with Crippen molar-refractivity contribution in [3.8, 4) is 11.5 Å². The van der Waals surface area contributed by atoms with Crippen molar-refractivity contribution in [2.75, 3.05) is 19.5 Å². The fourth-order valence-electron chi connectivity index (χ4n) is 2.99. The van der Waals surface area contributed by atoms with Gasteiger partial charge in [0, 0.05) is 16.6 Å². The second kappa shape index (κ2) is 5.73. The van der Waals surface area contributed by atoms with Crippen molar-refractivity contribution in [2.24, 2.45) is 4.99 Å². The van der Waals surface area contributed by atoms with Gasteiger partial charge in [-0.3, -0.25) is 0 Å². The van der Waals surface area contributed by atoms with Gasteiger partial charge in [0.25, 0.3) is 0 Å². The van der Waals surface area contributed by atoms with Crippen molar-refractivity contribution in [1.29, 1.82) is 0 Å². The van der Waals surface area contributed by atoms with Gasteiger partial charge in [0.15, 0.2) is 11.5 Å². The van der Waals surface area contributed by atoms with Crippen LogP contribution in [0.5, 0.6) is 11.5 Å². The molecule has 120 valence electrons. The van der Waals surface area contributed by atoms with E-state index in [0.29, 0.717) is 22.4 Å². The molecule has 0 atom stereocenters. The molecule has 4 nitrogen and oxygen atoms in total. The molecule has 0 bridgehead atoms. The summed E-state index contributed by atoms with van der Waals surface area (Å²) in [4.78, 5) is 4.75. The minimum atomic E-state index is 0.467. The van der Waals surface area contributed by atoms with Gasteiger partial charge in [-0.2, -0.15) is 0 Å². The SMILES string of the molecule is COc1ccc(C2=Nc3cccc4cccc(c34)N2)c(Cl)c1OC. The summed E-state index contributed by atoms with van der Waals surface area (Å²) in [5.74, 6) is 1.77. The molecule has 0 aliphatic carbocycles. The first-order chi connectivity index (χ1) is 11.7. The van der Waals surface area contributed by atoms with E-state index in [9.17, 15) is 0 Å². The normalized spacial score (nSPS) is 12.5. The van der Waals surface area contributed by atoms with E-state index in [1.54, 1.807) is 14.2 Å². The molecule has 3 aromatic carbocycles. The van der Waals surface area contributed by atoms with Gasteiger partial charge < -0.3 is 14.8 Å². The molecule has 0 unspecified atom stereocenters. The van der Waals surface area contributed by atoms with Crippen LogP contribution in [0.1, 0.15) is 5.56 Å². The molecule has 1 heterocycles. The zero-order valence-electron chi connectivity index (χ0n) is 13.3. The van der Waals surface area contributed by atoms with Gasteiger partial charge in [-0.25, -0.2) is 4.99 Å². The zero-order valence-corrected chi connectivity index (χ0v) is 14.0. The molecule has 4 rings (SSSR count). The smallest absolute Gasteiger partial charge is 0.180 e. The maximum Gasteiger partial charge on any atom is 0.180 e. The Morgan fingerprint density at radius 1 is 0.958 bits per heavy atom.